The molecule has 1 aromatic carbocycles. The van der Waals surface area contributed by atoms with Crippen molar-refractivity contribution in [2.24, 2.45) is 11.7 Å². The third kappa shape index (κ3) is 5.03. The second-order valence-corrected chi connectivity index (χ2v) is 8.93. The Morgan fingerprint density at radius 2 is 2.00 bits per heavy atom. The van der Waals surface area contributed by atoms with Crippen molar-refractivity contribution in [2.75, 3.05) is 38.5 Å². The van der Waals surface area contributed by atoms with Crippen molar-refractivity contribution in [3.8, 4) is 0 Å². The Kier molecular flexibility index (Phi) is 7.16. The van der Waals surface area contributed by atoms with E-state index >= 15 is 0 Å². The van der Waals surface area contributed by atoms with Gasteiger partial charge in [-0.25, -0.2) is 8.42 Å². The van der Waals surface area contributed by atoms with Crippen molar-refractivity contribution in [3.63, 3.8) is 0 Å². The standard InChI is InChI=1S/C18H30N4O3S/c1-4-14(2)17(19)18(23)20-15-7-5-8-16(13-15)26(24,25)22-10-6-9-21(3)11-12-22/h5,7-8,13-14,17H,4,6,9-12,19H2,1-3H3,(H,20,23). The first-order valence-electron chi connectivity index (χ1n) is 9.11. The summed E-state index contributed by atoms with van der Waals surface area (Å²) in [5.74, 6) is -0.249. The first-order chi connectivity index (χ1) is 12.3. The molecule has 0 saturated carbocycles. The lowest BCUT2D eigenvalue weighted by Gasteiger charge is -2.21. The molecule has 2 rings (SSSR count). The topological polar surface area (TPSA) is 95.7 Å². The normalized spacial score (nSPS) is 19.5. The minimum atomic E-state index is -3.58. The average molecular weight is 383 g/mol. The monoisotopic (exact) mass is 382 g/mol. The van der Waals surface area contributed by atoms with Gasteiger partial charge in [-0.2, -0.15) is 4.31 Å². The minimum Gasteiger partial charge on any atom is -0.325 e. The van der Waals surface area contributed by atoms with E-state index in [1.807, 2.05) is 20.9 Å². The van der Waals surface area contributed by atoms with Crippen LogP contribution in [-0.4, -0.2) is 62.8 Å². The summed E-state index contributed by atoms with van der Waals surface area (Å²) in [7, 11) is -1.59. The van der Waals surface area contributed by atoms with Gasteiger partial charge >= 0.3 is 0 Å². The van der Waals surface area contributed by atoms with Gasteiger partial charge in [0.1, 0.15) is 0 Å². The maximum atomic E-state index is 12.9. The number of nitrogens with zero attached hydrogens (tertiary/aromatic N) is 2. The Bertz CT molecular complexity index is 723. The summed E-state index contributed by atoms with van der Waals surface area (Å²) in [6.07, 6.45) is 1.60. The number of amides is 1. The first kappa shape index (κ1) is 20.8. The lowest BCUT2D eigenvalue weighted by molar-refractivity contribution is -0.118. The summed E-state index contributed by atoms with van der Waals surface area (Å²) in [6.45, 7) is 6.45. The van der Waals surface area contributed by atoms with Crippen LogP contribution in [0.15, 0.2) is 29.2 Å². The van der Waals surface area contributed by atoms with Crippen LogP contribution < -0.4 is 11.1 Å². The van der Waals surface area contributed by atoms with Crippen LogP contribution in [0, 0.1) is 5.92 Å². The number of carbonyl (C=O) groups is 1. The van der Waals surface area contributed by atoms with Crippen molar-refractivity contribution in [3.05, 3.63) is 24.3 Å². The zero-order valence-electron chi connectivity index (χ0n) is 15.8. The summed E-state index contributed by atoms with van der Waals surface area (Å²) in [4.78, 5) is 14.6. The molecule has 0 bridgehead atoms. The van der Waals surface area contributed by atoms with E-state index in [1.165, 1.54) is 10.4 Å². The van der Waals surface area contributed by atoms with Crippen LogP contribution in [0.3, 0.4) is 0 Å². The molecule has 0 aromatic heterocycles. The number of anilines is 1. The molecule has 0 spiro atoms. The molecule has 1 amide bonds. The third-order valence-electron chi connectivity index (χ3n) is 4.98. The lowest BCUT2D eigenvalue weighted by Crippen LogP contribution is -2.40. The van der Waals surface area contributed by atoms with Gasteiger partial charge in [-0.15, -0.1) is 0 Å². The van der Waals surface area contributed by atoms with Gasteiger partial charge in [0, 0.05) is 25.3 Å². The molecule has 26 heavy (non-hydrogen) atoms. The molecule has 0 aliphatic carbocycles. The maximum Gasteiger partial charge on any atom is 0.243 e. The van der Waals surface area contributed by atoms with E-state index in [0.29, 0.717) is 25.3 Å². The quantitative estimate of drug-likeness (QED) is 0.774. The number of nitrogens with two attached hydrogens (primary N) is 1. The van der Waals surface area contributed by atoms with E-state index in [-0.39, 0.29) is 16.7 Å². The number of nitrogens with one attached hydrogen (secondary N) is 1. The van der Waals surface area contributed by atoms with E-state index in [4.69, 9.17) is 5.73 Å². The highest BCUT2D eigenvalue weighted by Crippen LogP contribution is 2.21. The maximum absolute atomic E-state index is 12.9. The predicted molar refractivity (Wildman–Crippen MR) is 103 cm³/mol. The molecule has 1 saturated heterocycles. The molecule has 1 aliphatic rings. The smallest absolute Gasteiger partial charge is 0.243 e. The Labute approximate surface area is 156 Å². The van der Waals surface area contributed by atoms with Crippen LogP contribution in [-0.2, 0) is 14.8 Å². The van der Waals surface area contributed by atoms with Crippen molar-refractivity contribution < 1.29 is 13.2 Å². The van der Waals surface area contributed by atoms with Crippen LogP contribution in [0.5, 0.6) is 0 Å². The van der Waals surface area contributed by atoms with E-state index in [9.17, 15) is 13.2 Å². The highest BCUT2D eigenvalue weighted by atomic mass is 32.2. The van der Waals surface area contributed by atoms with Gasteiger partial charge in [-0.3, -0.25) is 4.79 Å². The number of hydrogen-bond donors (Lipinski definition) is 2. The van der Waals surface area contributed by atoms with Gasteiger partial charge in [0.15, 0.2) is 0 Å². The molecule has 1 aliphatic heterocycles. The van der Waals surface area contributed by atoms with E-state index in [1.54, 1.807) is 18.2 Å². The van der Waals surface area contributed by atoms with Gasteiger partial charge in [-0.1, -0.05) is 26.3 Å². The lowest BCUT2D eigenvalue weighted by atomic mass is 9.99. The minimum absolute atomic E-state index is 0.0519. The van der Waals surface area contributed by atoms with E-state index in [2.05, 4.69) is 10.2 Å². The second-order valence-electron chi connectivity index (χ2n) is 6.99. The molecule has 1 heterocycles. The number of likely N-dealkylation sites (N-methyl/N-ethyl adjacent to an activating group) is 1. The van der Waals surface area contributed by atoms with Crippen molar-refractivity contribution in [1.82, 2.24) is 9.21 Å². The van der Waals surface area contributed by atoms with Gasteiger partial charge in [0.25, 0.3) is 0 Å². The molecule has 3 N–H and O–H groups in total. The van der Waals surface area contributed by atoms with Crippen molar-refractivity contribution >= 4 is 21.6 Å². The molecule has 8 heteroatoms. The molecule has 0 radical (unpaired) electrons. The number of hydrogen-bond acceptors (Lipinski definition) is 5. The fourth-order valence-electron chi connectivity index (χ4n) is 2.88. The van der Waals surface area contributed by atoms with Crippen molar-refractivity contribution in [1.29, 1.82) is 0 Å². The second kappa shape index (κ2) is 8.94. The summed E-state index contributed by atoms with van der Waals surface area (Å²) >= 11 is 0. The van der Waals surface area contributed by atoms with Gasteiger partial charge in [-0.05, 0) is 44.1 Å². The first-order valence-corrected chi connectivity index (χ1v) is 10.5. The Hall–Kier alpha value is -1.48. The molecule has 7 nitrogen and oxygen atoms in total. The Morgan fingerprint density at radius 3 is 2.69 bits per heavy atom. The summed E-state index contributed by atoms with van der Waals surface area (Å²) in [5, 5.41) is 2.74. The SMILES string of the molecule is CCC(C)C(N)C(=O)Nc1cccc(S(=O)(=O)N2CCCN(C)CC2)c1. The summed E-state index contributed by atoms with van der Waals surface area (Å²) in [5.41, 5.74) is 6.39. The predicted octanol–water partition coefficient (Wildman–Crippen LogP) is 1.32. The molecule has 1 fully saturated rings. The van der Waals surface area contributed by atoms with Gasteiger partial charge in [0.2, 0.25) is 15.9 Å². The number of rotatable bonds is 6. The highest BCUT2D eigenvalue weighted by Gasteiger charge is 2.27. The van der Waals surface area contributed by atoms with Gasteiger partial charge in [0.05, 0.1) is 10.9 Å². The summed E-state index contributed by atoms with van der Waals surface area (Å²) in [6, 6.07) is 5.76. The summed E-state index contributed by atoms with van der Waals surface area (Å²) < 4.78 is 27.4. The van der Waals surface area contributed by atoms with Crippen LogP contribution in [0.2, 0.25) is 0 Å². The molecular weight excluding hydrogens is 352 g/mol. The van der Waals surface area contributed by atoms with Crippen LogP contribution in [0.25, 0.3) is 0 Å². The number of benzene rings is 1. The number of carbonyl (C=O) groups excluding carboxylic acids is 1. The molecule has 1 aromatic rings. The van der Waals surface area contributed by atoms with Crippen molar-refractivity contribution in [2.45, 2.75) is 37.6 Å². The zero-order chi connectivity index (χ0) is 19.3. The molecule has 2 atom stereocenters. The molecule has 146 valence electrons. The van der Waals surface area contributed by atoms with Crippen LogP contribution in [0.1, 0.15) is 26.7 Å². The highest BCUT2D eigenvalue weighted by molar-refractivity contribution is 7.89. The third-order valence-corrected chi connectivity index (χ3v) is 6.87. The largest absolute Gasteiger partial charge is 0.325 e. The fraction of sp³-hybridized carbons (Fsp3) is 0.611. The van der Waals surface area contributed by atoms with E-state index < -0.39 is 16.1 Å². The Balaban J connectivity index is 2.16. The fourth-order valence-corrected chi connectivity index (χ4v) is 4.40. The molecular formula is C18H30N4O3S. The zero-order valence-corrected chi connectivity index (χ0v) is 16.6. The van der Waals surface area contributed by atoms with Gasteiger partial charge < -0.3 is 16.0 Å². The van der Waals surface area contributed by atoms with Crippen LogP contribution in [0.4, 0.5) is 5.69 Å². The average Bonchev–Trinajstić information content (AvgIpc) is 2.85. The van der Waals surface area contributed by atoms with E-state index in [0.717, 1.165) is 19.4 Å². The van der Waals surface area contributed by atoms with Crippen LogP contribution >= 0.6 is 0 Å². The Morgan fingerprint density at radius 1 is 1.27 bits per heavy atom. The molecule has 2 unspecified atom stereocenters. The number of sulfonamides is 1.